The molecule has 2 aromatic heterocycles. The van der Waals surface area contributed by atoms with Crippen LogP contribution in [0.2, 0.25) is 0 Å². The van der Waals surface area contributed by atoms with Crippen LogP contribution in [0.3, 0.4) is 0 Å². The summed E-state index contributed by atoms with van der Waals surface area (Å²) in [4.78, 5) is 26.4. The number of allylic oxidation sites excluding steroid dienone is 1. The van der Waals surface area contributed by atoms with E-state index in [-0.39, 0.29) is 11.3 Å². The standard InChI is InChI=1S/C17H20N6O4S/c1-12(26-3)5-4-6-13(23(24)25)28-17-19-15-14(18-11-21(15)2)16(20-17)22-7-9-27-10-8-22/h4-5,7,9,11,13H,1,6,8,10H2,2-3H3/b5-4-. The highest BCUT2D eigenvalue weighted by molar-refractivity contribution is 7.99. The van der Waals surface area contributed by atoms with Crippen LogP contribution >= 0.6 is 11.8 Å². The van der Waals surface area contributed by atoms with E-state index in [1.165, 1.54) is 7.11 Å². The molecule has 0 N–H and O–H groups in total. The molecule has 10 nitrogen and oxygen atoms in total. The van der Waals surface area contributed by atoms with Crippen molar-refractivity contribution in [2.75, 3.05) is 25.2 Å². The SMILES string of the molecule is C=C(/C=C\CC(Sc1nc(N2C=COCC2)c2ncn(C)c2n1)[N+](=O)[O-])OC. The summed E-state index contributed by atoms with van der Waals surface area (Å²) in [6.07, 6.45) is 8.43. The Balaban J connectivity index is 1.90. The molecule has 148 valence electrons. The lowest BCUT2D eigenvalue weighted by molar-refractivity contribution is -0.494. The molecule has 0 saturated carbocycles. The first-order chi connectivity index (χ1) is 13.5. The van der Waals surface area contributed by atoms with Gasteiger partial charge in [0.25, 0.3) is 5.37 Å². The third-order valence-electron chi connectivity index (χ3n) is 3.96. The van der Waals surface area contributed by atoms with E-state index in [4.69, 9.17) is 9.47 Å². The fraction of sp³-hybridized carbons (Fsp3) is 0.353. The average Bonchev–Trinajstić information content (AvgIpc) is 3.08. The summed E-state index contributed by atoms with van der Waals surface area (Å²) in [5, 5.41) is 10.9. The summed E-state index contributed by atoms with van der Waals surface area (Å²) in [6, 6.07) is 0. The summed E-state index contributed by atoms with van der Waals surface area (Å²) >= 11 is 0.995. The maximum Gasteiger partial charge on any atom is 0.268 e. The van der Waals surface area contributed by atoms with Crippen LogP contribution in [0, 0.1) is 10.1 Å². The lowest BCUT2D eigenvalue weighted by Crippen LogP contribution is -2.26. The molecule has 3 heterocycles. The average molecular weight is 404 g/mol. The van der Waals surface area contributed by atoms with E-state index in [0.717, 1.165) is 11.8 Å². The zero-order valence-corrected chi connectivity index (χ0v) is 16.3. The Hall–Kier alpha value is -3.08. The summed E-state index contributed by atoms with van der Waals surface area (Å²) in [5.41, 5.74) is 1.24. The van der Waals surface area contributed by atoms with E-state index in [2.05, 4.69) is 21.5 Å². The largest absolute Gasteiger partial charge is 0.498 e. The van der Waals surface area contributed by atoms with Crippen LogP contribution in [-0.4, -0.2) is 50.1 Å². The van der Waals surface area contributed by atoms with Gasteiger partial charge in [-0.1, -0.05) is 12.7 Å². The van der Waals surface area contributed by atoms with Crippen molar-refractivity contribution in [2.45, 2.75) is 17.0 Å². The van der Waals surface area contributed by atoms with Gasteiger partial charge in [0.1, 0.15) is 12.4 Å². The van der Waals surface area contributed by atoms with Gasteiger partial charge in [0, 0.05) is 24.6 Å². The summed E-state index contributed by atoms with van der Waals surface area (Å²) in [7, 11) is 3.31. The number of hydrogen-bond donors (Lipinski definition) is 0. The zero-order chi connectivity index (χ0) is 20.1. The molecule has 28 heavy (non-hydrogen) atoms. The van der Waals surface area contributed by atoms with Gasteiger partial charge in [-0.3, -0.25) is 10.1 Å². The summed E-state index contributed by atoms with van der Waals surface area (Å²) in [6.45, 7) is 4.78. The van der Waals surface area contributed by atoms with Crippen molar-refractivity contribution >= 4 is 28.7 Å². The second-order valence-electron chi connectivity index (χ2n) is 5.87. The van der Waals surface area contributed by atoms with Crippen LogP contribution in [-0.2, 0) is 16.5 Å². The molecule has 1 atom stereocenters. The van der Waals surface area contributed by atoms with Gasteiger partial charge in [-0.05, 0) is 17.8 Å². The van der Waals surface area contributed by atoms with Crippen molar-refractivity contribution in [3.05, 3.63) is 53.4 Å². The molecule has 1 unspecified atom stereocenters. The number of imidazole rings is 1. The molecule has 0 saturated heterocycles. The predicted molar refractivity (Wildman–Crippen MR) is 105 cm³/mol. The maximum atomic E-state index is 11.5. The van der Waals surface area contributed by atoms with Gasteiger partial charge >= 0.3 is 0 Å². The fourth-order valence-electron chi connectivity index (χ4n) is 2.49. The molecule has 1 aliphatic heterocycles. The Morgan fingerprint density at radius 3 is 3.07 bits per heavy atom. The highest BCUT2D eigenvalue weighted by Crippen LogP contribution is 2.30. The first kappa shape index (κ1) is 19.7. The summed E-state index contributed by atoms with van der Waals surface area (Å²) < 4.78 is 11.9. The molecular weight excluding hydrogens is 384 g/mol. The monoisotopic (exact) mass is 404 g/mol. The highest BCUT2D eigenvalue weighted by Gasteiger charge is 2.25. The molecule has 0 aromatic carbocycles. The molecule has 0 radical (unpaired) electrons. The smallest absolute Gasteiger partial charge is 0.268 e. The van der Waals surface area contributed by atoms with E-state index < -0.39 is 5.37 Å². The van der Waals surface area contributed by atoms with Crippen LogP contribution in [0.15, 0.2) is 48.4 Å². The number of methoxy groups -OCH3 is 1. The van der Waals surface area contributed by atoms with Crippen molar-refractivity contribution in [3.8, 4) is 0 Å². The van der Waals surface area contributed by atoms with E-state index >= 15 is 0 Å². The quantitative estimate of drug-likeness (QED) is 0.125. The molecule has 0 aliphatic carbocycles. The van der Waals surface area contributed by atoms with Gasteiger partial charge < -0.3 is 18.9 Å². The third-order valence-corrected chi connectivity index (χ3v) is 4.99. The second kappa shape index (κ2) is 8.74. The molecule has 0 bridgehead atoms. The van der Waals surface area contributed by atoms with E-state index in [9.17, 15) is 10.1 Å². The molecule has 1 aliphatic rings. The van der Waals surface area contributed by atoms with Gasteiger partial charge in [-0.15, -0.1) is 0 Å². The van der Waals surface area contributed by atoms with Crippen LogP contribution in [0.5, 0.6) is 0 Å². The Morgan fingerprint density at radius 1 is 1.57 bits per heavy atom. The predicted octanol–water partition coefficient (Wildman–Crippen LogP) is 2.47. The lowest BCUT2D eigenvalue weighted by atomic mass is 10.3. The van der Waals surface area contributed by atoms with Gasteiger partial charge in [-0.25, -0.2) is 15.0 Å². The Bertz CT molecular complexity index is 941. The van der Waals surface area contributed by atoms with Crippen molar-refractivity contribution in [3.63, 3.8) is 0 Å². The number of rotatable bonds is 8. The van der Waals surface area contributed by atoms with E-state index in [1.54, 1.807) is 35.5 Å². The Morgan fingerprint density at radius 2 is 2.39 bits per heavy atom. The van der Waals surface area contributed by atoms with Gasteiger partial charge in [0.2, 0.25) is 0 Å². The fourth-order valence-corrected chi connectivity index (χ4v) is 3.31. The molecule has 0 fully saturated rings. The molecule has 2 aromatic rings. The normalized spacial score (nSPS) is 15.0. The number of aryl methyl sites for hydroxylation is 1. The first-order valence-electron chi connectivity index (χ1n) is 8.43. The van der Waals surface area contributed by atoms with E-state index in [0.29, 0.717) is 41.0 Å². The van der Waals surface area contributed by atoms with Gasteiger partial charge in [0.05, 0.1) is 26.2 Å². The molecule has 11 heteroatoms. The zero-order valence-electron chi connectivity index (χ0n) is 15.5. The number of ether oxygens (including phenoxy) is 2. The van der Waals surface area contributed by atoms with Gasteiger partial charge in [0.15, 0.2) is 22.1 Å². The topological polar surface area (TPSA) is 108 Å². The van der Waals surface area contributed by atoms with Crippen LogP contribution in [0.4, 0.5) is 5.82 Å². The number of aromatic nitrogens is 4. The molecule has 0 spiro atoms. The number of hydrogen-bond acceptors (Lipinski definition) is 9. The minimum absolute atomic E-state index is 0.180. The highest BCUT2D eigenvalue weighted by atomic mass is 32.2. The lowest BCUT2D eigenvalue weighted by Gasteiger charge is -2.22. The number of nitrogens with zero attached hydrogens (tertiary/aromatic N) is 6. The second-order valence-corrected chi connectivity index (χ2v) is 7.02. The van der Waals surface area contributed by atoms with Crippen molar-refractivity contribution in [1.82, 2.24) is 19.5 Å². The van der Waals surface area contributed by atoms with Gasteiger partial charge in [-0.2, -0.15) is 0 Å². The minimum Gasteiger partial charge on any atom is -0.498 e. The Kier molecular flexibility index (Phi) is 6.14. The van der Waals surface area contributed by atoms with Crippen molar-refractivity contribution in [1.29, 1.82) is 0 Å². The number of nitro groups is 1. The van der Waals surface area contributed by atoms with Crippen molar-refractivity contribution in [2.24, 2.45) is 7.05 Å². The molecule has 3 rings (SSSR count). The number of thioether (sulfide) groups is 1. The minimum atomic E-state index is -0.945. The molecular formula is C17H20N6O4S. The Labute approximate surface area is 165 Å². The van der Waals surface area contributed by atoms with Crippen LogP contribution < -0.4 is 4.90 Å². The molecule has 0 amide bonds. The number of anilines is 1. The van der Waals surface area contributed by atoms with E-state index in [1.807, 2.05) is 11.9 Å². The van der Waals surface area contributed by atoms with Crippen molar-refractivity contribution < 1.29 is 14.4 Å². The van der Waals surface area contributed by atoms with Crippen LogP contribution in [0.1, 0.15) is 6.42 Å². The number of fused-ring (bicyclic) bond motifs is 1. The first-order valence-corrected chi connectivity index (χ1v) is 9.31. The third kappa shape index (κ3) is 4.42. The van der Waals surface area contributed by atoms with Crippen LogP contribution in [0.25, 0.3) is 11.2 Å². The maximum absolute atomic E-state index is 11.5. The summed E-state index contributed by atoms with van der Waals surface area (Å²) in [5.74, 6) is 1.03.